The second-order valence-corrected chi connectivity index (χ2v) is 8.03. The Kier molecular flexibility index (Phi) is 5.48. The summed E-state index contributed by atoms with van der Waals surface area (Å²) in [4.78, 5) is 17.2. The number of fused-ring (bicyclic) bond motifs is 1. The summed E-state index contributed by atoms with van der Waals surface area (Å²) in [6.45, 7) is 0. The molecule has 0 spiro atoms. The van der Waals surface area contributed by atoms with Crippen molar-refractivity contribution in [3.63, 3.8) is 0 Å². The van der Waals surface area contributed by atoms with E-state index in [1.165, 1.54) is 32.4 Å². The van der Waals surface area contributed by atoms with Crippen LogP contribution < -0.4 is 5.32 Å². The Bertz CT molecular complexity index is 1110. The quantitative estimate of drug-likeness (QED) is 0.654. The van der Waals surface area contributed by atoms with Crippen molar-refractivity contribution in [3.8, 4) is 0 Å². The van der Waals surface area contributed by atoms with Crippen LogP contribution in [0.25, 0.3) is 10.8 Å². The molecule has 27 heavy (non-hydrogen) atoms. The van der Waals surface area contributed by atoms with Crippen molar-refractivity contribution in [2.45, 2.75) is 4.90 Å². The van der Waals surface area contributed by atoms with Crippen LogP contribution in [0.15, 0.2) is 65.6 Å². The number of carbonyl (C=O) groups excluding carboxylic acids is 1. The summed E-state index contributed by atoms with van der Waals surface area (Å²) in [6, 6.07) is 17.3. The minimum atomic E-state index is -3.98. The molecule has 0 saturated heterocycles. The van der Waals surface area contributed by atoms with Gasteiger partial charge in [-0.25, -0.2) is 8.42 Å². The van der Waals surface area contributed by atoms with Gasteiger partial charge in [-0.2, -0.15) is 0 Å². The predicted octanol–water partition coefficient (Wildman–Crippen LogP) is 3.93. The molecule has 3 rings (SSSR count). The van der Waals surface area contributed by atoms with Crippen LogP contribution in [0, 0.1) is 0 Å². The first-order valence-corrected chi connectivity index (χ1v) is 9.78. The predicted molar refractivity (Wildman–Crippen MR) is 105 cm³/mol. The molecule has 6 nitrogen and oxygen atoms in total. The molecule has 140 valence electrons. The van der Waals surface area contributed by atoms with Gasteiger partial charge >= 0.3 is 0 Å². The molecule has 0 aromatic heterocycles. The molecule has 0 atom stereocenters. The summed E-state index contributed by atoms with van der Waals surface area (Å²) in [7, 11) is -1.51. The molecule has 0 saturated carbocycles. The van der Waals surface area contributed by atoms with Gasteiger partial charge in [0, 0.05) is 23.7 Å². The lowest BCUT2D eigenvalue weighted by Gasteiger charge is -2.16. The standard InChI is InChI=1S/C19H17ClN2O4S/c1-22(26-2)27(24,25)18-12-14(10-11-16(18)20)19(23)21-17-9-5-7-13-6-3-4-8-15(13)17/h3-12H,1-2H3,(H,21,23). The smallest absolute Gasteiger partial charge is 0.266 e. The first-order valence-electron chi connectivity index (χ1n) is 7.96. The van der Waals surface area contributed by atoms with Gasteiger partial charge in [-0.15, -0.1) is 0 Å². The fourth-order valence-corrected chi connectivity index (χ4v) is 4.08. The van der Waals surface area contributed by atoms with E-state index < -0.39 is 15.9 Å². The number of rotatable bonds is 5. The van der Waals surface area contributed by atoms with E-state index in [9.17, 15) is 13.2 Å². The minimum Gasteiger partial charge on any atom is -0.321 e. The highest BCUT2D eigenvalue weighted by atomic mass is 35.5. The van der Waals surface area contributed by atoms with Gasteiger partial charge in [0.15, 0.2) is 0 Å². The third-order valence-corrected chi connectivity index (χ3v) is 6.27. The number of carbonyl (C=O) groups is 1. The molecule has 0 aliphatic rings. The highest BCUT2D eigenvalue weighted by Gasteiger charge is 2.25. The van der Waals surface area contributed by atoms with Crippen LogP contribution in [-0.4, -0.2) is 33.0 Å². The van der Waals surface area contributed by atoms with E-state index in [-0.39, 0.29) is 15.5 Å². The number of hydrogen-bond acceptors (Lipinski definition) is 4. The van der Waals surface area contributed by atoms with Crippen LogP contribution in [0.4, 0.5) is 5.69 Å². The molecule has 0 bridgehead atoms. The van der Waals surface area contributed by atoms with Gasteiger partial charge < -0.3 is 5.32 Å². The zero-order valence-corrected chi connectivity index (χ0v) is 16.2. The van der Waals surface area contributed by atoms with E-state index in [2.05, 4.69) is 5.32 Å². The Morgan fingerprint density at radius 3 is 2.52 bits per heavy atom. The van der Waals surface area contributed by atoms with Crippen LogP contribution in [0.5, 0.6) is 0 Å². The average Bonchev–Trinajstić information content (AvgIpc) is 2.67. The monoisotopic (exact) mass is 404 g/mol. The van der Waals surface area contributed by atoms with E-state index in [1.807, 2.05) is 36.4 Å². The molecule has 8 heteroatoms. The molecule has 0 radical (unpaired) electrons. The summed E-state index contributed by atoms with van der Waals surface area (Å²) in [5, 5.41) is 4.69. The largest absolute Gasteiger partial charge is 0.321 e. The van der Waals surface area contributed by atoms with Gasteiger partial charge in [0.2, 0.25) is 0 Å². The van der Waals surface area contributed by atoms with Gasteiger partial charge in [-0.05, 0) is 29.7 Å². The number of hydroxylamine groups is 1. The minimum absolute atomic E-state index is 0.000566. The molecule has 3 aromatic rings. The summed E-state index contributed by atoms with van der Waals surface area (Å²) in [6.07, 6.45) is 0. The van der Waals surface area contributed by atoms with Crippen molar-refractivity contribution in [1.29, 1.82) is 0 Å². The lowest BCUT2D eigenvalue weighted by atomic mass is 10.1. The Morgan fingerprint density at radius 1 is 1.07 bits per heavy atom. The van der Waals surface area contributed by atoms with Crippen molar-refractivity contribution in [3.05, 3.63) is 71.2 Å². The molecule has 1 N–H and O–H groups in total. The van der Waals surface area contributed by atoms with E-state index in [1.54, 1.807) is 6.07 Å². The number of amides is 1. The Balaban J connectivity index is 1.97. The molecular formula is C19H17ClN2O4S. The third-order valence-electron chi connectivity index (χ3n) is 4.10. The fourth-order valence-electron chi connectivity index (χ4n) is 2.61. The lowest BCUT2D eigenvalue weighted by Crippen LogP contribution is -2.26. The number of sulfonamides is 1. The van der Waals surface area contributed by atoms with Crippen molar-refractivity contribution in [2.24, 2.45) is 0 Å². The summed E-state index contributed by atoms with van der Waals surface area (Å²) in [5.41, 5.74) is 0.793. The third kappa shape index (κ3) is 3.81. The number of benzene rings is 3. The Morgan fingerprint density at radius 2 is 1.78 bits per heavy atom. The van der Waals surface area contributed by atoms with E-state index >= 15 is 0 Å². The zero-order chi connectivity index (χ0) is 19.6. The van der Waals surface area contributed by atoms with E-state index in [0.29, 0.717) is 10.2 Å². The van der Waals surface area contributed by atoms with Crippen molar-refractivity contribution >= 4 is 44.0 Å². The van der Waals surface area contributed by atoms with Gasteiger partial charge in [-0.1, -0.05) is 52.5 Å². The molecular weight excluding hydrogens is 388 g/mol. The van der Waals surface area contributed by atoms with E-state index in [4.69, 9.17) is 16.4 Å². The second kappa shape index (κ2) is 7.66. The van der Waals surface area contributed by atoms with Crippen molar-refractivity contribution < 1.29 is 18.0 Å². The van der Waals surface area contributed by atoms with Crippen LogP contribution in [0.1, 0.15) is 10.4 Å². The van der Waals surface area contributed by atoms with E-state index in [0.717, 1.165) is 10.8 Å². The maximum absolute atomic E-state index is 12.7. The lowest BCUT2D eigenvalue weighted by molar-refractivity contribution is -0.0258. The summed E-state index contributed by atoms with van der Waals surface area (Å²) < 4.78 is 25.6. The summed E-state index contributed by atoms with van der Waals surface area (Å²) >= 11 is 6.03. The molecule has 3 aromatic carbocycles. The molecule has 0 heterocycles. The maximum atomic E-state index is 12.7. The molecule has 1 amide bonds. The Hall–Kier alpha value is -2.45. The normalized spacial score (nSPS) is 11.7. The molecule has 0 unspecified atom stereocenters. The molecule has 0 aliphatic heterocycles. The maximum Gasteiger partial charge on any atom is 0.266 e. The van der Waals surface area contributed by atoms with Gasteiger partial charge in [-0.3, -0.25) is 9.63 Å². The first kappa shape index (κ1) is 19.3. The topological polar surface area (TPSA) is 75.7 Å². The second-order valence-electron chi connectivity index (χ2n) is 5.72. The molecule has 0 fully saturated rings. The number of nitrogens with one attached hydrogen (secondary N) is 1. The van der Waals surface area contributed by atoms with Crippen LogP contribution in [-0.2, 0) is 14.9 Å². The van der Waals surface area contributed by atoms with Gasteiger partial charge in [0.1, 0.15) is 4.90 Å². The first-order chi connectivity index (χ1) is 12.8. The Labute approximate surface area is 162 Å². The van der Waals surface area contributed by atoms with Crippen molar-refractivity contribution in [2.75, 3.05) is 19.5 Å². The SMILES string of the molecule is CON(C)S(=O)(=O)c1cc(C(=O)Nc2cccc3ccccc23)ccc1Cl. The summed E-state index contributed by atoms with van der Waals surface area (Å²) in [5.74, 6) is -0.445. The number of anilines is 1. The number of nitrogens with zero attached hydrogens (tertiary/aromatic N) is 1. The highest BCUT2D eigenvalue weighted by Crippen LogP contribution is 2.27. The van der Waals surface area contributed by atoms with Gasteiger partial charge in [0.25, 0.3) is 15.9 Å². The van der Waals surface area contributed by atoms with Crippen LogP contribution in [0.3, 0.4) is 0 Å². The highest BCUT2D eigenvalue weighted by molar-refractivity contribution is 7.89. The average molecular weight is 405 g/mol. The number of hydrogen-bond donors (Lipinski definition) is 1. The fraction of sp³-hybridized carbons (Fsp3) is 0.105. The van der Waals surface area contributed by atoms with Gasteiger partial charge in [0.05, 0.1) is 12.1 Å². The van der Waals surface area contributed by atoms with Crippen LogP contribution >= 0.6 is 11.6 Å². The number of halogens is 1. The van der Waals surface area contributed by atoms with Crippen LogP contribution in [0.2, 0.25) is 5.02 Å². The van der Waals surface area contributed by atoms with Crippen molar-refractivity contribution in [1.82, 2.24) is 4.47 Å². The zero-order valence-electron chi connectivity index (χ0n) is 14.6. The molecule has 0 aliphatic carbocycles.